The van der Waals surface area contributed by atoms with Crippen LogP contribution in [0.2, 0.25) is 0 Å². The van der Waals surface area contributed by atoms with E-state index in [2.05, 4.69) is 26.0 Å². The third-order valence-electron chi connectivity index (χ3n) is 8.17. The summed E-state index contributed by atoms with van der Waals surface area (Å²) in [6.45, 7) is 4.54. The molecule has 0 saturated carbocycles. The summed E-state index contributed by atoms with van der Waals surface area (Å²) in [6, 6.07) is 0. The summed E-state index contributed by atoms with van der Waals surface area (Å²) in [6.07, 6.45) is 40.9. The minimum absolute atomic E-state index is 0.412. The van der Waals surface area contributed by atoms with Gasteiger partial charge in [-0.1, -0.05) is 174 Å². The number of unbranched alkanes of at least 4 members (excludes halogenated alkanes) is 24. The van der Waals surface area contributed by atoms with Crippen molar-refractivity contribution in [3.05, 3.63) is 12.2 Å². The zero-order chi connectivity index (χ0) is 28.0. The summed E-state index contributed by atoms with van der Waals surface area (Å²) < 4.78 is 12.0. The van der Waals surface area contributed by atoms with Gasteiger partial charge < -0.3 is 9.79 Å². The van der Waals surface area contributed by atoms with Crippen molar-refractivity contribution in [2.45, 2.75) is 206 Å². The molecule has 0 aliphatic heterocycles. The Balaban J connectivity index is 3.58. The van der Waals surface area contributed by atoms with Crippen LogP contribution in [0.4, 0.5) is 0 Å². The van der Waals surface area contributed by atoms with Crippen LogP contribution in [0.3, 0.4) is 0 Å². The lowest BCUT2D eigenvalue weighted by Crippen LogP contribution is -2.08. The first-order valence-electron chi connectivity index (χ1n) is 17.2. The second kappa shape index (κ2) is 29.9. The van der Waals surface area contributed by atoms with Gasteiger partial charge in [0.25, 0.3) is 0 Å². The topological polar surface area (TPSA) is 57.5 Å². The molecule has 38 heavy (non-hydrogen) atoms. The third-order valence-corrected chi connectivity index (χ3v) is 9.63. The van der Waals surface area contributed by atoms with E-state index in [0.717, 1.165) is 25.7 Å². The second-order valence-corrected chi connectivity index (χ2v) is 13.9. The van der Waals surface area contributed by atoms with Crippen molar-refractivity contribution in [3.63, 3.8) is 0 Å². The first-order valence-corrected chi connectivity index (χ1v) is 18.9. The van der Waals surface area contributed by atoms with Crippen LogP contribution in [0.1, 0.15) is 200 Å². The van der Waals surface area contributed by atoms with Crippen molar-refractivity contribution in [2.24, 2.45) is 0 Å². The molecular formula is C34H69O3P. The van der Waals surface area contributed by atoms with Gasteiger partial charge in [-0.3, -0.25) is 4.57 Å². The molecule has 1 atom stereocenters. The smallest absolute Gasteiger partial charge is 0.324 e. The average Bonchev–Trinajstić information content (AvgIpc) is 2.89. The Bertz CT molecular complexity index is 528. The molecule has 0 heterocycles. The van der Waals surface area contributed by atoms with E-state index >= 15 is 0 Å². The standard InChI is InChI=1S/C34H69O3P/c1-3-5-7-9-11-13-15-17-19-21-23-25-27-29-31-33-34(38(35,36)37)32-30-28-26-24-22-20-18-16-14-12-10-8-6-4-2/h17,19,34H,3-16,18,20-33H2,1-2H3,(H2,35,36,37)/b19-17-. The summed E-state index contributed by atoms with van der Waals surface area (Å²) in [4.78, 5) is 19.6. The largest absolute Gasteiger partial charge is 0.328 e. The summed E-state index contributed by atoms with van der Waals surface area (Å²) in [5, 5.41) is 0. The van der Waals surface area contributed by atoms with Crippen LogP contribution in [-0.4, -0.2) is 15.4 Å². The average molecular weight is 557 g/mol. The molecule has 0 aromatic heterocycles. The Labute approximate surface area is 239 Å². The predicted molar refractivity (Wildman–Crippen MR) is 170 cm³/mol. The van der Waals surface area contributed by atoms with Gasteiger partial charge in [0.15, 0.2) is 0 Å². The van der Waals surface area contributed by atoms with Gasteiger partial charge in [0.05, 0.1) is 5.66 Å². The van der Waals surface area contributed by atoms with Gasteiger partial charge in [0, 0.05) is 0 Å². The van der Waals surface area contributed by atoms with E-state index in [1.54, 1.807) is 0 Å². The number of rotatable bonds is 31. The van der Waals surface area contributed by atoms with E-state index in [9.17, 15) is 14.4 Å². The van der Waals surface area contributed by atoms with Crippen LogP contribution in [0, 0.1) is 0 Å². The first kappa shape index (κ1) is 37.9. The van der Waals surface area contributed by atoms with Crippen molar-refractivity contribution in [2.75, 3.05) is 0 Å². The zero-order valence-corrected chi connectivity index (χ0v) is 26.9. The molecule has 0 aromatic rings. The molecule has 2 N–H and O–H groups in total. The molecular weight excluding hydrogens is 487 g/mol. The number of allylic oxidation sites excluding steroid dienone is 2. The fraction of sp³-hybridized carbons (Fsp3) is 0.941. The summed E-state index contributed by atoms with van der Waals surface area (Å²) in [5.74, 6) is 0. The van der Waals surface area contributed by atoms with E-state index in [4.69, 9.17) is 0 Å². The molecule has 0 bridgehead atoms. The lowest BCUT2D eigenvalue weighted by atomic mass is 10.0. The fourth-order valence-corrected chi connectivity index (χ4v) is 6.54. The Kier molecular flexibility index (Phi) is 29.8. The first-order chi connectivity index (χ1) is 18.5. The monoisotopic (exact) mass is 556 g/mol. The molecule has 3 nitrogen and oxygen atoms in total. The van der Waals surface area contributed by atoms with Crippen LogP contribution in [0.25, 0.3) is 0 Å². The lowest BCUT2D eigenvalue weighted by Gasteiger charge is -2.18. The van der Waals surface area contributed by atoms with Crippen LogP contribution in [0.15, 0.2) is 12.2 Å². The van der Waals surface area contributed by atoms with E-state index < -0.39 is 13.3 Å². The zero-order valence-electron chi connectivity index (χ0n) is 26.0. The highest BCUT2D eigenvalue weighted by molar-refractivity contribution is 7.52. The normalized spacial score (nSPS) is 13.1. The molecule has 0 aliphatic rings. The maximum absolute atomic E-state index is 12.0. The van der Waals surface area contributed by atoms with Crippen molar-refractivity contribution in [1.82, 2.24) is 0 Å². The molecule has 4 heteroatoms. The van der Waals surface area contributed by atoms with Gasteiger partial charge in [-0.15, -0.1) is 0 Å². The Morgan fingerprint density at radius 1 is 0.447 bits per heavy atom. The maximum Gasteiger partial charge on any atom is 0.328 e. The van der Waals surface area contributed by atoms with Gasteiger partial charge in [-0.05, 0) is 38.5 Å². The maximum atomic E-state index is 12.0. The molecule has 0 amide bonds. The SMILES string of the molecule is CCCCCCCC/C=C\CCCCCCCC(CCCCCCCCCCCCCCCC)P(=O)(O)O. The van der Waals surface area contributed by atoms with Gasteiger partial charge in [0.1, 0.15) is 0 Å². The van der Waals surface area contributed by atoms with Gasteiger partial charge in [-0.25, -0.2) is 0 Å². The third kappa shape index (κ3) is 28.9. The summed E-state index contributed by atoms with van der Waals surface area (Å²) in [5.41, 5.74) is -0.412. The van der Waals surface area contributed by atoms with Crippen LogP contribution in [-0.2, 0) is 4.57 Å². The summed E-state index contributed by atoms with van der Waals surface area (Å²) in [7, 11) is -3.96. The second-order valence-electron chi connectivity index (χ2n) is 12.0. The van der Waals surface area contributed by atoms with Crippen molar-refractivity contribution < 1.29 is 14.4 Å². The predicted octanol–water partition coefficient (Wildman–Crippen LogP) is 12.4. The number of hydrogen-bond donors (Lipinski definition) is 2. The number of hydrogen-bond acceptors (Lipinski definition) is 1. The molecule has 1 unspecified atom stereocenters. The van der Waals surface area contributed by atoms with E-state index in [1.807, 2.05) is 0 Å². The van der Waals surface area contributed by atoms with Crippen molar-refractivity contribution in [1.29, 1.82) is 0 Å². The quantitative estimate of drug-likeness (QED) is 0.0507. The minimum atomic E-state index is -3.96. The van der Waals surface area contributed by atoms with Crippen molar-refractivity contribution >= 4 is 7.60 Å². The molecule has 228 valence electrons. The fourth-order valence-electron chi connectivity index (χ4n) is 5.51. The Hall–Kier alpha value is -0.110. The van der Waals surface area contributed by atoms with E-state index in [0.29, 0.717) is 12.8 Å². The van der Waals surface area contributed by atoms with E-state index in [1.165, 1.54) is 148 Å². The van der Waals surface area contributed by atoms with Gasteiger partial charge in [0.2, 0.25) is 0 Å². The van der Waals surface area contributed by atoms with Gasteiger partial charge in [-0.2, -0.15) is 0 Å². The van der Waals surface area contributed by atoms with Crippen molar-refractivity contribution in [3.8, 4) is 0 Å². The van der Waals surface area contributed by atoms with Crippen LogP contribution < -0.4 is 0 Å². The molecule has 0 spiro atoms. The molecule has 0 rings (SSSR count). The molecule has 0 saturated heterocycles. The molecule has 0 fully saturated rings. The molecule has 0 aromatic carbocycles. The lowest BCUT2D eigenvalue weighted by molar-refractivity contribution is 0.345. The van der Waals surface area contributed by atoms with Gasteiger partial charge >= 0.3 is 7.60 Å². The van der Waals surface area contributed by atoms with E-state index in [-0.39, 0.29) is 0 Å². The summed E-state index contributed by atoms with van der Waals surface area (Å²) >= 11 is 0. The Morgan fingerprint density at radius 2 is 0.711 bits per heavy atom. The van der Waals surface area contributed by atoms with Crippen LogP contribution in [0.5, 0.6) is 0 Å². The Morgan fingerprint density at radius 3 is 1.00 bits per heavy atom. The molecule has 0 radical (unpaired) electrons. The minimum Gasteiger partial charge on any atom is -0.324 e. The highest BCUT2D eigenvalue weighted by Gasteiger charge is 2.27. The highest BCUT2D eigenvalue weighted by atomic mass is 31.2. The highest BCUT2D eigenvalue weighted by Crippen LogP contribution is 2.46. The van der Waals surface area contributed by atoms with Crippen LogP contribution >= 0.6 is 7.60 Å². The molecule has 0 aliphatic carbocycles.